The Bertz CT molecular complexity index is 941. The van der Waals surface area contributed by atoms with Gasteiger partial charge < -0.3 is 4.74 Å². The average molecular weight is 530 g/mol. The Morgan fingerprint density at radius 1 is 1.03 bits per heavy atom. The number of amides is 3. The Morgan fingerprint density at radius 3 is 2.32 bits per heavy atom. The number of nitrogens with one attached hydrogen (secondary N) is 2. The summed E-state index contributed by atoms with van der Waals surface area (Å²) >= 11 is 0. The van der Waals surface area contributed by atoms with Gasteiger partial charge in [-0.05, 0) is 43.1 Å². The largest absolute Gasteiger partial charge is 0.350 e. The molecule has 1 unspecified atom stereocenters. The maximum absolute atomic E-state index is 13.6. The van der Waals surface area contributed by atoms with Gasteiger partial charge in [0.15, 0.2) is 6.29 Å². The van der Waals surface area contributed by atoms with Gasteiger partial charge in [0.05, 0.1) is 11.8 Å². The topological polar surface area (TPSA) is 114 Å². The second-order valence-corrected chi connectivity index (χ2v) is 10.6. The first-order valence-corrected chi connectivity index (χ1v) is 13.5. The van der Waals surface area contributed by atoms with E-state index in [1.54, 1.807) is 0 Å². The van der Waals surface area contributed by atoms with Crippen LogP contribution in [-0.2, 0) is 28.8 Å². The van der Waals surface area contributed by atoms with Crippen molar-refractivity contribution in [3.63, 3.8) is 0 Å². The summed E-state index contributed by atoms with van der Waals surface area (Å²) in [5.74, 6) is -3.86. The van der Waals surface area contributed by atoms with Crippen molar-refractivity contribution in [1.82, 2.24) is 15.9 Å². The monoisotopic (exact) mass is 529 g/mol. The molecule has 1 aliphatic heterocycles. The molecule has 9 heteroatoms. The third-order valence-corrected chi connectivity index (χ3v) is 6.15. The minimum atomic E-state index is -0.793. The normalized spacial score (nSPS) is 17.3. The Balaban J connectivity index is 2.28. The molecule has 0 radical (unpaired) electrons. The van der Waals surface area contributed by atoms with E-state index in [1.165, 1.54) is 6.92 Å². The van der Waals surface area contributed by atoms with Crippen LogP contribution >= 0.6 is 0 Å². The van der Waals surface area contributed by atoms with Crippen molar-refractivity contribution < 1.29 is 28.8 Å². The van der Waals surface area contributed by atoms with E-state index in [1.807, 2.05) is 70.2 Å². The summed E-state index contributed by atoms with van der Waals surface area (Å²) in [4.78, 5) is 56.9. The highest BCUT2D eigenvalue weighted by atomic mass is 16.8. The molecule has 3 amide bonds. The van der Waals surface area contributed by atoms with Gasteiger partial charge in [0, 0.05) is 26.5 Å². The molecule has 2 rings (SSSR count). The van der Waals surface area contributed by atoms with Crippen molar-refractivity contribution in [1.29, 1.82) is 0 Å². The fraction of sp³-hybridized carbons (Fsp3) is 0.586. The van der Waals surface area contributed by atoms with Crippen molar-refractivity contribution in [3.05, 3.63) is 42.0 Å². The summed E-state index contributed by atoms with van der Waals surface area (Å²) in [7, 11) is 0. The molecule has 0 bridgehead atoms. The number of allylic oxidation sites excluding steroid dienone is 1. The highest BCUT2D eigenvalue weighted by Crippen LogP contribution is 2.26. The number of Topliss-reactive ketones (excluding diaryl/α,β-unsaturated/α-hetero) is 1. The Labute approximate surface area is 226 Å². The van der Waals surface area contributed by atoms with E-state index in [0.717, 1.165) is 23.4 Å². The zero-order chi connectivity index (χ0) is 28.1. The maximum atomic E-state index is 13.6. The van der Waals surface area contributed by atoms with Crippen LogP contribution in [0.5, 0.6) is 0 Å². The predicted molar refractivity (Wildman–Crippen MR) is 145 cm³/mol. The summed E-state index contributed by atoms with van der Waals surface area (Å²) < 4.78 is 5.55. The number of nitrogens with zero attached hydrogens (tertiary/aromatic N) is 1. The summed E-state index contributed by atoms with van der Waals surface area (Å²) in [6, 6.07) is 9.67. The highest BCUT2D eigenvalue weighted by molar-refractivity contribution is 6.35. The molecular weight excluding hydrogens is 486 g/mol. The van der Waals surface area contributed by atoms with Crippen molar-refractivity contribution in [2.75, 3.05) is 13.2 Å². The molecule has 0 saturated carbocycles. The predicted octanol–water partition coefficient (Wildman–Crippen LogP) is 4.05. The summed E-state index contributed by atoms with van der Waals surface area (Å²) in [6.07, 6.45) is 6.47. The number of rotatable bonds is 13. The molecule has 1 saturated heterocycles. The van der Waals surface area contributed by atoms with Crippen molar-refractivity contribution >= 4 is 29.6 Å². The molecule has 0 spiro atoms. The van der Waals surface area contributed by atoms with E-state index in [2.05, 4.69) is 10.9 Å². The number of hydrogen-bond donors (Lipinski definition) is 2. The second-order valence-electron chi connectivity index (χ2n) is 10.6. The first kappa shape index (κ1) is 31.2. The van der Waals surface area contributed by atoms with Crippen LogP contribution < -0.4 is 10.9 Å². The van der Waals surface area contributed by atoms with Gasteiger partial charge in [0.25, 0.3) is 0 Å². The molecule has 1 fully saturated rings. The molecule has 2 N–H and O–H groups in total. The maximum Gasteiger partial charge on any atom is 0.308 e. The van der Waals surface area contributed by atoms with Crippen LogP contribution in [-0.4, -0.2) is 48.0 Å². The lowest BCUT2D eigenvalue weighted by atomic mass is 9.82. The van der Waals surface area contributed by atoms with Crippen molar-refractivity contribution in [2.24, 2.45) is 23.7 Å². The van der Waals surface area contributed by atoms with Crippen LogP contribution in [0.15, 0.2) is 36.4 Å². The molecule has 38 heavy (non-hydrogen) atoms. The summed E-state index contributed by atoms with van der Waals surface area (Å²) in [6.45, 7) is 9.61. The van der Waals surface area contributed by atoms with Gasteiger partial charge in [-0.3, -0.25) is 24.6 Å². The van der Waals surface area contributed by atoms with E-state index in [0.29, 0.717) is 19.4 Å². The van der Waals surface area contributed by atoms with E-state index < -0.39 is 41.6 Å². The molecule has 1 aromatic carbocycles. The minimum absolute atomic E-state index is 0.0129. The quantitative estimate of drug-likeness (QED) is 0.294. The molecule has 1 aromatic rings. The molecule has 0 aromatic heterocycles. The molecular formula is C29H43N3O6. The molecule has 9 nitrogen and oxygen atoms in total. The van der Waals surface area contributed by atoms with E-state index >= 15 is 0 Å². The van der Waals surface area contributed by atoms with E-state index in [-0.39, 0.29) is 24.8 Å². The number of ketones is 1. The standard InChI is InChI=1S/C29H43N3O6/c1-20(2)18-25(27(34)30-32(19-21(3)4)29(36)22(5)33)24(15-11-14-23-12-7-6-8-13-23)28(35)31-38-26-16-9-10-17-37-26/h6-8,11-14,20-21,24-26H,9-10,15-19H2,1-5H3,(H,30,34)(H,31,35)/b14-11+/t24-,25+,26?/m0/s1. The third kappa shape index (κ3) is 10.8. The lowest BCUT2D eigenvalue weighted by Crippen LogP contribution is -2.53. The lowest BCUT2D eigenvalue weighted by molar-refractivity contribution is -0.203. The molecule has 1 aliphatic rings. The molecule has 210 valence electrons. The fourth-order valence-electron chi connectivity index (χ4n) is 4.28. The molecule has 1 heterocycles. The molecule has 3 atom stereocenters. The van der Waals surface area contributed by atoms with Gasteiger partial charge in [-0.25, -0.2) is 15.3 Å². The molecule has 0 aliphatic carbocycles. The zero-order valence-corrected chi connectivity index (χ0v) is 23.3. The fourth-order valence-corrected chi connectivity index (χ4v) is 4.28. The summed E-state index contributed by atoms with van der Waals surface area (Å²) in [5, 5.41) is 1.06. The third-order valence-electron chi connectivity index (χ3n) is 6.15. The van der Waals surface area contributed by atoms with E-state index in [9.17, 15) is 19.2 Å². The number of carbonyl (C=O) groups excluding carboxylic acids is 4. The number of carbonyl (C=O) groups is 4. The van der Waals surface area contributed by atoms with Crippen LogP contribution in [0.2, 0.25) is 0 Å². The minimum Gasteiger partial charge on any atom is -0.350 e. The SMILES string of the molecule is CC(=O)C(=O)N(CC(C)C)NC(=O)[C@H](CC(C)C)[C@H](C/C=C/c1ccccc1)C(=O)NOC1CCCCO1. The Hall–Kier alpha value is -3.04. The summed E-state index contributed by atoms with van der Waals surface area (Å²) in [5.41, 5.74) is 6.13. The lowest BCUT2D eigenvalue weighted by Gasteiger charge is -2.31. The van der Waals surface area contributed by atoms with Gasteiger partial charge in [-0.15, -0.1) is 0 Å². The van der Waals surface area contributed by atoms with Gasteiger partial charge in [0.2, 0.25) is 17.6 Å². The number of ether oxygens (including phenoxy) is 1. The van der Waals surface area contributed by atoms with Gasteiger partial charge in [0.1, 0.15) is 0 Å². The number of hydrazine groups is 1. The van der Waals surface area contributed by atoms with Crippen LogP contribution in [0.25, 0.3) is 6.08 Å². The first-order chi connectivity index (χ1) is 18.1. The van der Waals surface area contributed by atoms with Crippen LogP contribution in [0.4, 0.5) is 0 Å². The van der Waals surface area contributed by atoms with Crippen molar-refractivity contribution in [2.45, 2.75) is 73.0 Å². The van der Waals surface area contributed by atoms with E-state index in [4.69, 9.17) is 9.57 Å². The van der Waals surface area contributed by atoms with Crippen LogP contribution in [0, 0.1) is 23.7 Å². The van der Waals surface area contributed by atoms with Crippen molar-refractivity contribution in [3.8, 4) is 0 Å². The number of hydrogen-bond acceptors (Lipinski definition) is 6. The Kier molecular flexibility index (Phi) is 13.2. The first-order valence-electron chi connectivity index (χ1n) is 13.5. The number of hydroxylamine groups is 1. The smallest absolute Gasteiger partial charge is 0.308 e. The van der Waals surface area contributed by atoms with Crippen LogP contribution in [0.1, 0.15) is 72.3 Å². The second kappa shape index (κ2) is 16.0. The number of benzene rings is 1. The van der Waals surface area contributed by atoms with Gasteiger partial charge in [-0.2, -0.15) is 0 Å². The Morgan fingerprint density at radius 2 is 1.74 bits per heavy atom. The van der Waals surface area contributed by atoms with Gasteiger partial charge in [-0.1, -0.05) is 70.2 Å². The van der Waals surface area contributed by atoms with Gasteiger partial charge >= 0.3 is 5.91 Å². The van der Waals surface area contributed by atoms with Crippen LogP contribution in [0.3, 0.4) is 0 Å². The highest BCUT2D eigenvalue weighted by Gasteiger charge is 2.36. The average Bonchev–Trinajstić information content (AvgIpc) is 2.88. The zero-order valence-electron chi connectivity index (χ0n) is 23.3.